The average Bonchev–Trinajstić information content (AvgIpc) is 3.63. The van der Waals surface area contributed by atoms with Gasteiger partial charge in [0, 0.05) is 0 Å². The van der Waals surface area contributed by atoms with Crippen molar-refractivity contribution < 1.29 is 23.7 Å². The zero-order chi connectivity index (χ0) is 25.0. The lowest BCUT2D eigenvalue weighted by Gasteiger charge is -2.19. The third-order valence-electron chi connectivity index (χ3n) is 6.15. The predicted molar refractivity (Wildman–Crippen MR) is 138 cm³/mol. The predicted octanol–water partition coefficient (Wildman–Crippen LogP) is 6.53. The number of rotatable bonds is 9. The minimum Gasteiger partial charge on any atom is -0.497 e. The first-order chi connectivity index (χ1) is 16.8. The first-order valence-electron chi connectivity index (χ1n) is 12.0. The monoisotopic (exact) mass is 474 g/mol. The van der Waals surface area contributed by atoms with E-state index in [-0.39, 0.29) is 17.8 Å². The fourth-order valence-corrected chi connectivity index (χ4v) is 4.25. The fourth-order valence-electron chi connectivity index (χ4n) is 4.25. The number of methoxy groups -OCH3 is 2. The van der Waals surface area contributed by atoms with E-state index in [1.54, 1.807) is 14.2 Å². The largest absolute Gasteiger partial charge is 0.497 e. The smallest absolute Gasteiger partial charge is 0.309 e. The molecule has 3 aromatic rings. The molecule has 1 saturated carbocycles. The lowest BCUT2D eigenvalue weighted by atomic mass is 9.90. The normalized spacial score (nSPS) is 17.1. The van der Waals surface area contributed by atoms with Crippen molar-refractivity contribution in [1.82, 2.24) is 0 Å². The highest BCUT2D eigenvalue weighted by atomic mass is 16.6. The summed E-state index contributed by atoms with van der Waals surface area (Å²) in [7, 11) is 3.34. The third kappa shape index (κ3) is 6.23. The van der Waals surface area contributed by atoms with Crippen molar-refractivity contribution in [3.8, 4) is 33.8 Å². The van der Waals surface area contributed by atoms with Gasteiger partial charge in [-0.2, -0.15) is 0 Å². The molecule has 4 rings (SSSR count). The number of esters is 1. The molecule has 0 bridgehead atoms. The number of ether oxygens (including phenoxy) is 4. The van der Waals surface area contributed by atoms with E-state index in [4.69, 9.17) is 18.9 Å². The van der Waals surface area contributed by atoms with Gasteiger partial charge in [-0.1, -0.05) is 42.5 Å². The lowest BCUT2D eigenvalue weighted by molar-refractivity contribution is -0.157. The van der Waals surface area contributed by atoms with Gasteiger partial charge in [0.2, 0.25) is 0 Å². The molecule has 0 heterocycles. The summed E-state index contributed by atoms with van der Waals surface area (Å²) in [4.78, 5) is 12.3. The van der Waals surface area contributed by atoms with Crippen LogP contribution in [0.5, 0.6) is 11.5 Å². The number of hydrogen-bond donors (Lipinski definition) is 0. The molecule has 0 saturated heterocycles. The van der Waals surface area contributed by atoms with Crippen molar-refractivity contribution in [1.29, 1.82) is 0 Å². The van der Waals surface area contributed by atoms with Gasteiger partial charge in [-0.25, -0.2) is 0 Å². The van der Waals surface area contributed by atoms with Gasteiger partial charge in [0.25, 0.3) is 0 Å². The summed E-state index contributed by atoms with van der Waals surface area (Å²) in [5.41, 5.74) is 5.08. The molecule has 0 aliphatic heterocycles. The molecule has 0 radical (unpaired) electrons. The van der Waals surface area contributed by atoms with Crippen LogP contribution < -0.4 is 9.47 Å². The Hall–Kier alpha value is -3.31. The van der Waals surface area contributed by atoms with Crippen LogP contribution in [0.4, 0.5) is 0 Å². The molecule has 0 aromatic heterocycles. The molecule has 3 aromatic carbocycles. The molecule has 1 aliphatic rings. The van der Waals surface area contributed by atoms with Crippen LogP contribution in [0, 0.1) is 11.8 Å². The van der Waals surface area contributed by atoms with Crippen molar-refractivity contribution in [3.05, 3.63) is 72.3 Å². The quantitative estimate of drug-likeness (QED) is 0.330. The minimum absolute atomic E-state index is 0.0547. The van der Waals surface area contributed by atoms with E-state index in [9.17, 15) is 4.79 Å². The van der Waals surface area contributed by atoms with Crippen LogP contribution in [0.3, 0.4) is 0 Å². The molecular weight excluding hydrogens is 440 g/mol. The Morgan fingerprint density at radius 2 is 1.46 bits per heavy atom. The minimum atomic E-state index is -0.458. The summed E-state index contributed by atoms with van der Waals surface area (Å²) >= 11 is 0. The Morgan fingerprint density at radius 3 is 2.03 bits per heavy atom. The van der Waals surface area contributed by atoms with Crippen LogP contribution >= 0.6 is 0 Å². The Morgan fingerprint density at radius 1 is 0.857 bits per heavy atom. The molecule has 184 valence electrons. The average molecular weight is 475 g/mol. The second kappa shape index (κ2) is 10.5. The zero-order valence-corrected chi connectivity index (χ0v) is 21.2. The van der Waals surface area contributed by atoms with Crippen molar-refractivity contribution in [2.45, 2.75) is 39.4 Å². The molecule has 0 amide bonds. The Kier molecular flexibility index (Phi) is 7.46. The molecule has 1 aliphatic carbocycles. The maximum absolute atomic E-state index is 12.3. The van der Waals surface area contributed by atoms with E-state index >= 15 is 0 Å². The molecule has 1 fully saturated rings. The Labute approximate surface area is 208 Å². The standard InChI is InChI=1S/C30H34O5/c1-30(2,3)35-29(31)27-17-23(27)19-34-18-22-7-6-8-26(20-9-13-24(32-4)14-10-20)28(22)21-11-15-25(33-5)16-12-21/h6-16,23,27H,17-19H2,1-5H3. The van der Waals surface area contributed by atoms with Gasteiger partial charge in [0.1, 0.15) is 17.1 Å². The summed E-state index contributed by atoms with van der Waals surface area (Å²) in [5.74, 6) is 1.69. The lowest BCUT2D eigenvalue weighted by Crippen LogP contribution is -2.25. The molecule has 5 heteroatoms. The van der Waals surface area contributed by atoms with Crippen molar-refractivity contribution >= 4 is 5.97 Å². The van der Waals surface area contributed by atoms with Crippen molar-refractivity contribution in [3.63, 3.8) is 0 Å². The fraction of sp³-hybridized carbons (Fsp3) is 0.367. The van der Waals surface area contributed by atoms with E-state index in [1.807, 2.05) is 45.0 Å². The summed E-state index contributed by atoms with van der Waals surface area (Å²) in [6.07, 6.45) is 0.826. The van der Waals surface area contributed by atoms with E-state index < -0.39 is 5.60 Å². The van der Waals surface area contributed by atoms with Gasteiger partial charge in [0.15, 0.2) is 0 Å². The summed E-state index contributed by atoms with van der Waals surface area (Å²) in [5, 5.41) is 0. The van der Waals surface area contributed by atoms with Crippen LogP contribution in [0.15, 0.2) is 66.7 Å². The highest BCUT2D eigenvalue weighted by molar-refractivity contribution is 5.86. The molecular formula is C30H34O5. The van der Waals surface area contributed by atoms with E-state index in [2.05, 4.69) is 42.5 Å². The van der Waals surface area contributed by atoms with E-state index in [0.717, 1.165) is 45.7 Å². The number of carbonyl (C=O) groups excluding carboxylic acids is 1. The van der Waals surface area contributed by atoms with Crippen LogP contribution in [0.1, 0.15) is 32.8 Å². The number of benzene rings is 3. The second-order valence-electron chi connectivity index (χ2n) is 9.95. The summed E-state index contributed by atoms with van der Waals surface area (Å²) < 4.78 is 22.3. The van der Waals surface area contributed by atoms with Gasteiger partial charge >= 0.3 is 5.97 Å². The van der Waals surface area contributed by atoms with Crippen LogP contribution in [0.2, 0.25) is 0 Å². The summed E-state index contributed by atoms with van der Waals surface area (Å²) in [6.45, 7) is 6.70. The van der Waals surface area contributed by atoms with Gasteiger partial charge in [0.05, 0.1) is 33.4 Å². The molecule has 2 unspecified atom stereocenters. The van der Waals surface area contributed by atoms with Crippen molar-refractivity contribution in [2.24, 2.45) is 11.8 Å². The van der Waals surface area contributed by atoms with E-state index in [0.29, 0.717) is 13.2 Å². The van der Waals surface area contributed by atoms with Crippen LogP contribution in [-0.2, 0) is 20.9 Å². The molecule has 0 spiro atoms. The van der Waals surface area contributed by atoms with Crippen LogP contribution in [-0.4, -0.2) is 32.4 Å². The van der Waals surface area contributed by atoms with E-state index in [1.165, 1.54) is 0 Å². The number of hydrogen-bond acceptors (Lipinski definition) is 5. The van der Waals surface area contributed by atoms with Gasteiger partial charge in [-0.15, -0.1) is 0 Å². The highest BCUT2D eigenvalue weighted by Crippen LogP contribution is 2.41. The number of carbonyl (C=O) groups is 1. The topological polar surface area (TPSA) is 54.0 Å². The first kappa shape index (κ1) is 24.8. The third-order valence-corrected chi connectivity index (χ3v) is 6.15. The maximum Gasteiger partial charge on any atom is 0.309 e. The molecule has 0 N–H and O–H groups in total. The highest BCUT2D eigenvalue weighted by Gasteiger charge is 2.45. The second-order valence-corrected chi connectivity index (χ2v) is 9.95. The Bertz CT molecular complexity index is 1140. The van der Waals surface area contributed by atoms with Gasteiger partial charge in [-0.05, 0) is 85.2 Å². The van der Waals surface area contributed by atoms with Gasteiger partial charge < -0.3 is 18.9 Å². The maximum atomic E-state index is 12.3. The van der Waals surface area contributed by atoms with Gasteiger partial charge in [-0.3, -0.25) is 4.79 Å². The van der Waals surface area contributed by atoms with Crippen LogP contribution in [0.25, 0.3) is 22.3 Å². The zero-order valence-electron chi connectivity index (χ0n) is 21.2. The molecule has 5 nitrogen and oxygen atoms in total. The Balaban J connectivity index is 1.54. The SMILES string of the molecule is COc1ccc(-c2cccc(COCC3CC3C(=O)OC(C)(C)C)c2-c2ccc(OC)cc2)cc1. The molecule has 2 atom stereocenters. The van der Waals surface area contributed by atoms with Crippen molar-refractivity contribution in [2.75, 3.05) is 20.8 Å². The summed E-state index contributed by atoms with van der Waals surface area (Å²) in [6, 6.07) is 22.5. The first-order valence-corrected chi connectivity index (χ1v) is 12.0. The molecule has 35 heavy (non-hydrogen) atoms.